The molecule has 1 amide bonds. The van der Waals surface area contributed by atoms with Crippen LogP contribution in [0.2, 0.25) is 0 Å². The molecule has 0 bridgehead atoms. The van der Waals surface area contributed by atoms with E-state index in [1.54, 1.807) is 4.90 Å². The number of fused-ring (bicyclic) bond motifs is 1. The zero-order valence-electron chi connectivity index (χ0n) is 20.7. The maximum absolute atomic E-state index is 13.2. The van der Waals surface area contributed by atoms with Crippen LogP contribution in [0.4, 0.5) is 13.2 Å². The lowest BCUT2D eigenvalue weighted by Crippen LogP contribution is -2.32. The molecule has 0 aliphatic carbocycles. The maximum atomic E-state index is 13.2. The Morgan fingerprint density at radius 1 is 1.11 bits per heavy atom. The lowest BCUT2D eigenvalue weighted by molar-refractivity contribution is -0.0885. The van der Waals surface area contributed by atoms with Gasteiger partial charge in [-0.3, -0.25) is 14.6 Å². The number of carbonyl (C=O) groups is 2. The van der Waals surface area contributed by atoms with Gasteiger partial charge in [-0.2, -0.15) is 13.2 Å². The van der Waals surface area contributed by atoms with Crippen LogP contribution in [0, 0.1) is 5.92 Å². The summed E-state index contributed by atoms with van der Waals surface area (Å²) in [5.74, 6) is -0.534. The van der Waals surface area contributed by atoms with Crippen LogP contribution in [-0.4, -0.2) is 54.0 Å². The average Bonchev–Trinajstić information content (AvgIpc) is 3.23. The van der Waals surface area contributed by atoms with E-state index in [1.807, 2.05) is 31.2 Å². The van der Waals surface area contributed by atoms with Crippen LogP contribution < -0.4 is 4.74 Å². The molecule has 194 valence electrons. The van der Waals surface area contributed by atoms with Gasteiger partial charge in [-0.1, -0.05) is 25.1 Å². The molecule has 9 heteroatoms. The van der Waals surface area contributed by atoms with Crippen LogP contribution >= 0.6 is 0 Å². The molecule has 0 saturated heterocycles. The van der Waals surface area contributed by atoms with Crippen molar-refractivity contribution in [3.63, 3.8) is 0 Å². The summed E-state index contributed by atoms with van der Waals surface area (Å²) in [6.45, 7) is 5.60. The smallest absolute Gasteiger partial charge is 0.454 e. The van der Waals surface area contributed by atoms with Gasteiger partial charge in [-0.15, -0.1) is 0 Å². The van der Waals surface area contributed by atoms with Crippen molar-refractivity contribution in [2.75, 3.05) is 19.7 Å². The molecular weight excluding hydrogens is 483 g/mol. The van der Waals surface area contributed by atoms with Gasteiger partial charge < -0.3 is 9.64 Å². The first-order chi connectivity index (χ1) is 17.7. The molecule has 37 heavy (non-hydrogen) atoms. The number of hydrogen-bond donors (Lipinski definition) is 0. The standard InChI is InChI=1S/C28H28F3N3O3/c1-3-18-6-5-7-23(33-26(18)32-4-2)21-12-13-24-22(16-21)17-34(14-15-37-24)27(36)20-10-8-19(9-11-20)25(35)28(29,30)31/h5,7-13,16,18H,3-4,6,14-15,17H2,1-2H3. The van der Waals surface area contributed by atoms with Gasteiger partial charge in [0, 0.05) is 41.3 Å². The van der Waals surface area contributed by atoms with Gasteiger partial charge in [0.25, 0.3) is 11.7 Å². The Balaban J connectivity index is 1.58. The van der Waals surface area contributed by atoms with E-state index in [2.05, 4.69) is 18.0 Å². The Kier molecular flexibility index (Phi) is 7.90. The number of amides is 1. The van der Waals surface area contributed by atoms with Crippen LogP contribution in [-0.2, 0) is 6.54 Å². The third-order valence-electron chi connectivity index (χ3n) is 6.38. The van der Waals surface area contributed by atoms with E-state index in [-0.39, 0.29) is 30.5 Å². The number of alkyl halides is 3. The number of benzene rings is 2. The molecule has 2 aromatic rings. The lowest BCUT2D eigenvalue weighted by Gasteiger charge is -2.20. The van der Waals surface area contributed by atoms with Crippen molar-refractivity contribution in [3.8, 4) is 5.75 Å². The van der Waals surface area contributed by atoms with E-state index in [9.17, 15) is 22.8 Å². The lowest BCUT2D eigenvalue weighted by atomic mass is 10.0. The Labute approximate surface area is 213 Å². The third kappa shape index (κ3) is 5.98. The van der Waals surface area contributed by atoms with Gasteiger partial charge in [0.05, 0.1) is 12.3 Å². The summed E-state index contributed by atoms with van der Waals surface area (Å²) in [5, 5.41) is 0. The Bertz CT molecular complexity index is 1260. The van der Waals surface area contributed by atoms with Crippen molar-refractivity contribution in [2.24, 2.45) is 15.9 Å². The van der Waals surface area contributed by atoms with Crippen molar-refractivity contribution in [3.05, 3.63) is 76.9 Å². The fraction of sp³-hybridized carbons (Fsp3) is 0.357. The molecule has 0 saturated carbocycles. The van der Waals surface area contributed by atoms with Gasteiger partial charge in [-0.05, 0) is 56.2 Å². The normalized spacial score (nSPS) is 18.9. The van der Waals surface area contributed by atoms with Crippen LogP contribution in [0.15, 0.2) is 64.6 Å². The van der Waals surface area contributed by atoms with Gasteiger partial charge in [0.1, 0.15) is 18.2 Å². The van der Waals surface area contributed by atoms with Crippen molar-refractivity contribution in [2.45, 2.75) is 39.4 Å². The quantitative estimate of drug-likeness (QED) is 0.487. The molecule has 2 aliphatic heterocycles. The fourth-order valence-electron chi connectivity index (χ4n) is 4.38. The molecule has 2 aromatic carbocycles. The topological polar surface area (TPSA) is 71.3 Å². The minimum absolute atomic E-state index is 0.195. The molecule has 0 radical (unpaired) electrons. The van der Waals surface area contributed by atoms with Crippen LogP contribution in [0.5, 0.6) is 5.75 Å². The number of ketones is 1. The first-order valence-electron chi connectivity index (χ1n) is 12.3. The summed E-state index contributed by atoms with van der Waals surface area (Å²) in [4.78, 5) is 35.7. The Morgan fingerprint density at radius 3 is 2.51 bits per heavy atom. The highest BCUT2D eigenvalue weighted by Crippen LogP contribution is 2.27. The minimum atomic E-state index is -4.97. The molecule has 6 nitrogen and oxygen atoms in total. The number of rotatable bonds is 5. The number of carbonyl (C=O) groups excluding carboxylic acids is 2. The number of nitrogens with zero attached hydrogens (tertiary/aromatic N) is 3. The van der Waals surface area contributed by atoms with E-state index in [0.29, 0.717) is 18.8 Å². The molecule has 2 heterocycles. The summed E-state index contributed by atoms with van der Waals surface area (Å²) < 4.78 is 44.0. The second-order valence-corrected chi connectivity index (χ2v) is 8.87. The Morgan fingerprint density at radius 2 is 1.84 bits per heavy atom. The number of ether oxygens (including phenoxy) is 1. The third-order valence-corrected chi connectivity index (χ3v) is 6.38. The SMILES string of the molecule is CCN=C1N=C(c2ccc3c(c2)CN(C(=O)c2ccc(C(=O)C(F)(F)F)cc2)CCO3)C=CCC1CC. The number of amidine groups is 1. The summed E-state index contributed by atoms with van der Waals surface area (Å²) in [7, 11) is 0. The second-order valence-electron chi connectivity index (χ2n) is 8.87. The minimum Gasteiger partial charge on any atom is -0.491 e. The van der Waals surface area contributed by atoms with Crippen LogP contribution in [0.1, 0.15) is 58.5 Å². The zero-order valence-corrected chi connectivity index (χ0v) is 20.7. The number of Topliss-reactive ketones (excluding diaryl/α,β-unsaturated/α-hetero) is 1. The highest BCUT2D eigenvalue weighted by atomic mass is 19.4. The van der Waals surface area contributed by atoms with Gasteiger partial charge in [-0.25, -0.2) is 4.99 Å². The summed E-state index contributed by atoms with van der Waals surface area (Å²) in [6, 6.07) is 10.3. The first-order valence-corrected chi connectivity index (χ1v) is 12.3. The van der Waals surface area contributed by atoms with Gasteiger partial charge in [0.15, 0.2) is 0 Å². The molecule has 0 spiro atoms. The number of allylic oxidation sites excluding steroid dienone is 2. The molecule has 1 unspecified atom stereocenters. The molecule has 2 aliphatic rings. The van der Waals surface area contributed by atoms with E-state index in [4.69, 9.17) is 9.73 Å². The molecular formula is C28H28F3N3O3. The fourth-order valence-corrected chi connectivity index (χ4v) is 4.38. The maximum Gasteiger partial charge on any atom is 0.454 e. The van der Waals surface area contributed by atoms with E-state index in [0.717, 1.165) is 47.6 Å². The summed E-state index contributed by atoms with van der Waals surface area (Å²) in [6.07, 6.45) is 0.947. The van der Waals surface area contributed by atoms with E-state index >= 15 is 0 Å². The van der Waals surface area contributed by atoms with Gasteiger partial charge in [0.2, 0.25) is 0 Å². The summed E-state index contributed by atoms with van der Waals surface area (Å²) in [5.41, 5.74) is 2.15. The molecule has 0 aromatic heterocycles. The largest absolute Gasteiger partial charge is 0.491 e. The summed E-state index contributed by atoms with van der Waals surface area (Å²) >= 11 is 0. The second kappa shape index (κ2) is 11.1. The zero-order chi connectivity index (χ0) is 26.6. The molecule has 4 rings (SSSR count). The van der Waals surface area contributed by atoms with E-state index < -0.39 is 17.5 Å². The van der Waals surface area contributed by atoms with Crippen LogP contribution in [0.3, 0.4) is 0 Å². The number of halogens is 3. The number of aliphatic imine (C=N–C) groups is 2. The van der Waals surface area contributed by atoms with Gasteiger partial charge >= 0.3 is 6.18 Å². The van der Waals surface area contributed by atoms with Crippen LogP contribution in [0.25, 0.3) is 0 Å². The molecule has 0 N–H and O–H groups in total. The monoisotopic (exact) mass is 511 g/mol. The van der Waals surface area contributed by atoms with E-state index in [1.165, 1.54) is 12.1 Å². The number of hydrogen-bond acceptors (Lipinski definition) is 4. The molecule has 0 fully saturated rings. The average molecular weight is 512 g/mol. The predicted molar refractivity (Wildman–Crippen MR) is 136 cm³/mol. The molecule has 1 atom stereocenters. The highest BCUT2D eigenvalue weighted by molar-refractivity contribution is 6.15. The van der Waals surface area contributed by atoms with Crippen molar-refractivity contribution >= 4 is 23.2 Å². The van der Waals surface area contributed by atoms with Crippen molar-refractivity contribution < 1.29 is 27.5 Å². The predicted octanol–water partition coefficient (Wildman–Crippen LogP) is 5.66. The Hall–Kier alpha value is -3.75. The first kappa shape index (κ1) is 26.3. The van der Waals surface area contributed by atoms with Crippen molar-refractivity contribution in [1.29, 1.82) is 0 Å². The highest BCUT2D eigenvalue weighted by Gasteiger charge is 2.39. The van der Waals surface area contributed by atoms with Crippen molar-refractivity contribution in [1.82, 2.24) is 4.90 Å².